The van der Waals surface area contributed by atoms with Crippen molar-refractivity contribution in [2.75, 3.05) is 6.61 Å². The lowest BCUT2D eigenvalue weighted by Gasteiger charge is -2.28. The minimum atomic E-state index is -0.618. The lowest BCUT2D eigenvalue weighted by Crippen LogP contribution is -2.31. The van der Waals surface area contributed by atoms with E-state index in [1.807, 2.05) is 42.5 Å². The van der Waals surface area contributed by atoms with Crippen molar-refractivity contribution in [1.82, 2.24) is 4.90 Å². The van der Waals surface area contributed by atoms with E-state index in [0.717, 1.165) is 23.3 Å². The Balaban J connectivity index is 1.61. The van der Waals surface area contributed by atoms with Crippen molar-refractivity contribution in [2.45, 2.75) is 45.1 Å². The maximum atomic E-state index is 12.9. The van der Waals surface area contributed by atoms with Gasteiger partial charge in [-0.15, -0.1) is 0 Å². The van der Waals surface area contributed by atoms with E-state index >= 15 is 0 Å². The fraction of sp³-hybridized carbons (Fsp3) is 0.333. The molecule has 1 aliphatic heterocycles. The third-order valence-corrected chi connectivity index (χ3v) is 4.96. The minimum Gasteiger partial charge on any atom is -0.494 e. The van der Waals surface area contributed by atoms with Crippen molar-refractivity contribution in [3.8, 4) is 11.8 Å². The number of amides is 1. The van der Waals surface area contributed by atoms with Crippen LogP contribution < -0.4 is 4.74 Å². The van der Waals surface area contributed by atoms with Gasteiger partial charge in [0.25, 0.3) is 5.91 Å². The molecule has 1 amide bonds. The molecule has 0 fully saturated rings. The number of fused-ring (bicyclic) bond motifs is 1. The highest BCUT2D eigenvalue weighted by molar-refractivity contribution is 5.96. The van der Waals surface area contributed by atoms with Crippen molar-refractivity contribution in [3.05, 3.63) is 71.4 Å². The Kier molecular flexibility index (Phi) is 6.86. The van der Waals surface area contributed by atoms with E-state index in [9.17, 15) is 10.1 Å². The molecule has 0 saturated heterocycles. The summed E-state index contributed by atoms with van der Waals surface area (Å²) in [4.78, 5) is 14.4. The second-order valence-corrected chi connectivity index (χ2v) is 6.98. The summed E-state index contributed by atoms with van der Waals surface area (Å²) < 4.78 is 5.76. The number of rotatable bonds is 8. The third-order valence-electron chi connectivity index (χ3n) is 4.96. The Hall–Kier alpha value is -3.06. The number of nitrogens with zero attached hydrogens (tertiary/aromatic N) is 2. The first-order chi connectivity index (χ1) is 13.7. The van der Waals surface area contributed by atoms with Crippen LogP contribution in [0.25, 0.3) is 6.08 Å². The highest BCUT2D eigenvalue weighted by Gasteiger charge is 2.28. The molecule has 144 valence electrons. The lowest BCUT2D eigenvalue weighted by molar-refractivity contribution is 0.0794. The molecule has 1 atom stereocenters. The van der Waals surface area contributed by atoms with Crippen LogP contribution in [0.15, 0.2) is 54.7 Å². The fourth-order valence-corrected chi connectivity index (χ4v) is 3.36. The maximum Gasteiger partial charge on any atom is 0.259 e. The largest absolute Gasteiger partial charge is 0.494 e. The normalized spacial score (nSPS) is 15.0. The predicted molar refractivity (Wildman–Crippen MR) is 111 cm³/mol. The van der Waals surface area contributed by atoms with E-state index < -0.39 is 6.04 Å². The quantitative estimate of drug-likeness (QED) is 0.555. The summed E-state index contributed by atoms with van der Waals surface area (Å²) in [6, 6.07) is 16.5. The van der Waals surface area contributed by atoms with Crippen molar-refractivity contribution >= 4 is 12.0 Å². The van der Waals surface area contributed by atoms with Crippen LogP contribution in [-0.4, -0.2) is 17.4 Å². The summed E-state index contributed by atoms with van der Waals surface area (Å²) in [5.74, 6) is 0.576. The Morgan fingerprint density at radius 3 is 2.57 bits per heavy atom. The van der Waals surface area contributed by atoms with E-state index in [2.05, 4.69) is 13.0 Å². The lowest BCUT2D eigenvalue weighted by atomic mass is 9.96. The summed E-state index contributed by atoms with van der Waals surface area (Å²) in [6.45, 7) is 2.90. The summed E-state index contributed by atoms with van der Waals surface area (Å²) in [5.41, 5.74) is 2.37. The number of carbonyl (C=O) groups excluding carboxylic acids is 1. The summed E-state index contributed by atoms with van der Waals surface area (Å²) in [7, 11) is 0. The smallest absolute Gasteiger partial charge is 0.259 e. The number of ether oxygens (including phenoxy) is 1. The van der Waals surface area contributed by atoms with Gasteiger partial charge in [-0.3, -0.25) is 9.69 Å². The number of carbonyl (C=O) groups is 1. The van der Waals surface area contributed by atoms with Crippen molar-refractivity contribution in [3.63, 3.8) is 0 Å². The summed E-state index contributed by atoms with van der Waals surface area (Å²) >= 11 is 0. The van der Waals surface area contributed by atoms with Crippen LogP contribution in [0.5, 0.6) is 5.75 Å². The molecule has 0 saturated carbocycles. The van der Waals surface area contributed by atoms with Crippen molar-refractivity contribution < 1.29 is 9.53 Å². The highest BCUT2D eigenvalue weighted by Crippen LogP contribution is 2.31. The standard InChI is InChI=1S/C24H26N2O2/c1-2-3-4-5-8-17-28-21-13-11-20(12-14-21)24(27)26-16-15-19-9-6-7-10-22(19)23(26)18-25/h6-7,9-16,23H,2-5,8,17H2,1H3/t23-/m1/s1. The SMILES string of the molecule is CCCCCCCOc1ccc(C(=O)N2C=Cc3ccccc3[C@H]2C#N)cc1. The molecular formula is C24H26N2O2. The number of nitriles is 1. The Labute approximate surface area is 167 Å². The van der Waals surface area contributed by atoms with Gasteiger partial charge in [0.2, 0.25) is 0 Å². The molecule has 0 spiro atoms. The molecule has 0 N–H and O–H groups in total. The van der Waals surface area contributed by atoms with Gasteiger partial charge in [-0.1, -0.05) is 56.9 Å². The molecular weight excluding hydrogens is 348 g/mol. The van der Waals surface area contributed by atoms with Gasteiger partial charge in [-0.25, -0.2) is 0 Å². The zero-order chi connectivity index (χ0) is 19.8. The molecule has 0 radical (unpaired) electrons. The van der Waals surface area contributed by atoms with Crippen LogP contribution in [0.4, 0.5) is 0 Å². The first kappa shape index (κ1) is 19.7. The summed E-state index contributed by atoms with van der Waals surface area (Å²) in [6.07, 6.45) is 9.55. The average molecular weight is 374 g/mol. The third kappa shape index (κ3) is 4.61. The molecule has 28 heavy (non-hydrogen) atoms. The number of benzene rings is 2. The van der Waals surface area contributed by atoms with Gasteiger partial charge in [-0.05, 0) is 47.9 Å². The monoisotopic (exact) mass is 374 g/mol. The van der Waals surface area contributed by atoms with Crippen LogP contribution in [-0.2, 0) is 0 Å². The van der Waals surface area contributed by atoms with E-state index in [4.69, 9.17) is 4.74 Å². The first-order valence-electron chi connectivity index (χ1n) is 9.97. The zero-order valence-corrected chi connectivity index (χ0v) is 16.3. The van der Waals surface area contributed by atoms with Gasteiger partial charge in [0.1, 0.15) is 11.8 Å². The molecule has 0 aliphatic carbocycles. The predicted octanol–water partition coefficient (Wildman–Crippen LogP) is 5.73. The molecule has 3 rings (SSSR count). The van der Waals surface area contributed by atoms with Gasteiger partial charge in [0, 0.05) is 11.8 Å². The molecule has 4 heteroatoms. The number of unbranched alkanes of at least 4 members (excludes halogenated alkanes) is 4. The number of hydrogen-bond acceptors (Lipinski definition) is 3. The fourth-order valence-electron chi connectivity index (χ4n) is 3.36. The van der Waals surface area contributed by atoms with Gasteiger partial charge >= 0.3 is 0 Å². The molecule has 1 aliphatic rings. The highest BCUT2D eigenvalue weighted by atomic mass is 16.5. The second kappa shape index (κ2) is 9.75. The topological polar surface area (TPSA) is 53.3 Å². The molecule has 0 bridgehead atoms. The minimum absolute atomic E-state index is 0.191. The first-order valence-corrected chi connectivity index (χ1v) is 9.97. The van der Waals surface area contributed by atoms with E-state index in [1.54, 1.807) is 18.3 Å². The second-order valence-electron chi connectivity index (χ2n) is 6.98. The molecule has 2 aromatic carbocycles. The van der Waals surface area contributed by atoms with Crippen LogP contribution in [0.3, 0.4) is 0 Å². The Bertz CT molecular complexity index is 865. The van der Waals surface area contributed by atoms with Crippen molar-refractivity contribution in [2.24, 2.45) is 0 Å². The molecule has 4 nitrogen and oxygen atoms in total. The Morgan fingerprint density at radius 1 is 1.07 bits per heavy atom. The summed E-state index contributed by atoms with van der Waals surface area (Å²) in [5, 5.41) is 9.62. The van der Waals surface area contributed by atoms with Gasteiger partial charge in [0.15, 0.2) is 0 Å². The molecule has 2 aromatic rings. The van der Waals surface area contributed by atoms with E-state index in [1.165, 1.54) is 30.6 Å². The number of hydrogen-bond donors (Lipinski definition) is 0. The molecule has 0 aromatic heterocycles. The maximum absolute atomic E-state index is 12.9. The molecule has 0 unspecified atom stereocenters. The Morgan fingerprint density at radius 2 is 1.82 bits per heavy atom. The van der Waals surface area contributed by atoms with Gasteiger partial charge < -0.3 is 4.74 Å². The van der Waals surface area contributed by atoms with Crippen LogP contribution in [0.1, 0.15) is 66.6 Å². The van der Waals surface area contributed by atoms with Crippen LogP contribution in [0.2, 0.25) is 0 Å². The van der Waals surface area contributed by atoms with Gasteiger partial charge in [0.05, 0.1) is 12.7 Å². The van der Waals surface area contributed by atoms with Crippen LogP contribution in [0, 0.1) is 11.3 Å². The van der Waals surface area contributed by atoms with E-state index in [0.29, 0.717) is 12.2 Å². The van der Waals surface area contributed by atoms with Crippen molar-refractivity contribution in [1.29, 1.82) is 5.26 Å². The van der Waals surface area contributed by atoms with E-state index in [-0.39, 0.29) is 5.91 Å². The zero-order valence-electron chi connectivity index (χ0n) is 16.3. The van der Waals surface area contributed by atoms with Gasteiger partial charge in [-0.2, -0.15) is 5.26 Å². The average Bonchev–Trinajstić information content (AvgIpc) is 2.75. The van der Waals surface area contributed by atoms with Crippen LogP contribution >= 0.6 is 0 Å². The molecule has 1 heterocycles.